The molecule has 19 heavy (non-hydrogen) atoms. The third-order valence-corrected chi connectivity index (χ3v) is 3.75. The molecule has 1 aliphatic heterocycles. The van der Waals surface area contributed by atoms with Crippen LogP contribution in [0.2, 0.25) is 0 Å². The highest BCUT2D eigenvalue weighted by molar-refractivity contribution is 5.88. The summed E-state index contributed by atoms with van der Waals surface area (Å²) in [6.07, 6.45) is 4.44. The fourth-order valence-electron chi connectivity index (χ4n) is 2.69. The van der Waals surface area contributed by atoms with E-state index in [1.165, 1.54) is 0 Å². The number of nitrogens with one attached hydrogen (secondary N) is 1. The van der Waals surface area contributed by atoms with Gasteiger partial charge in [0, 0.05) is 33.4 Å². The number of hydrogen-bond acceptors (Lipinski definition) is 4. The van der Waals surface area contributed by atoms with Gasteiger partial charge in [-0.2, -0.15) is 0 Å². The van der Waals surface area contributed by atoms with E-state index < -0.39 is 0 Å². The van der Waals surface area contributed by atoms with Gasteiger partial charge in [0.2, 0.25) is 5.91 Å². The summed E-state index contributed by atoms with van der Waals surface area (Å²) in [5.41, 5.74) is 0.924. The summed E-state index contributed by atoms with van der Waals surface area (Å²) in [6, 6.07) is 2.03. The van der Waals surface area contributed by atoms with Crippen molar-refractivity contribution < 1.29 is 4.79 Å². The molecule has 1 atom stereocenters. The molecule has 6 nitrogen and oxygen atoms in total. The fourth-order valence-corrected chi connectivity index (χ4v) is 2.69. The smallest absolute Gasteiger partial charge is 0.224 e. The molecule has 1 fully saturated rings. The van der Waals surface area contributed by atoms with Crippen molar-refractivity contribution in [3.05, 3.63) is 18.6 Å². The van der Waals surface area contributed by atoms with Crippen LogP contribution in [-0.4, -0.2) is 40.6 Å². The Morgan fingerprint density at radius 2 is 2.32 bits per heavy atom. The second-order valence-corrected chi connectivity index (χ2v) is 4.91. The van der Waals surface area contributed by atoms with E-state index in [0.717, 1.165) is 36.4 Å². The monoisotopic (exact) mass is 259 g/mol. The molecule has 2 aromatic heterocycles. The summed E-state index contributed by atoms with van der Waals surface area (Å²) in [5.74, 6) is 1.09. The predicted molar refractivity (Wildman–Crippen MR) is 72.9 cm³/mol. The molecule has 0 bridgehead atoms. The van der Waals surface area contributed by atoms with Crippen LogP contribution in [0, 0.1) is 5.92 Å². The summed E-state index contributed by atoms with van der Waals surface area (Å²) in [5, 5.41) is 3.76. The van der Waals surface area contributed by atoms with Crippen LogP contribution in [0.25, 0.3) is 11.0 Å². The second kappa shape index (κ2) is 4.53. The first kappa shape index (κ1) is 12.0. The van der Waals surface area contributed by atoms with Gasteiger partial charge in [-0.1, -0.05) is 0 Å². The van der Waals surface area contributed by atoms with Gasteiger partial charge in [0.25, 0.3) is 0 Å². The van der Waals surface area contributed by atoms with Gasteiger partial charge in [0.1, 0.15) is 17.8 Å². The maximum atomic E-state index is 11.7. The Hall–Kier alpha value is -2.11. The normalized spacial score (nSPS) is 19.1. The molecule has 1 N–H and O–H groups in total. The van der Waals surface area contributed by atoms with Crippen LogP contribution < -0.4 is 10.2 Å². The van der Waals surface area contributed by atoms with Gasteiger partial charge >= 0.3 is 0 Å². The maximum Gasteiger partial charge on any atom is 0.224 e. The predicted octanol–water partition coefficient (Wildman–Crippen LogP) is 0.541. The molecule has 2 aromatic rings. The summed E-state index contributed by atoms with van der Waals surface area (Å²) < 4.78 is 1.98. The minimum Gasteiger partial charge on any atom is -0.359 e. The van der Waals surface area contributed by atoms with Crippen molar-refractivity contribution in [2.75, 3.05) is 25.0 Å². The van der Waals surface area contributed by atoms with Gasteiger partial charge in [-0.3, -0.25) is 4.79 Å². The average Bonchev–Trinajstić information content (AvgIpc) is 3.05. The SMILES string of the molecule is CNC(=O)C1CCN(c2ncnc3c2ccn3C)C1. The molecule has 0 aromatic carbocycles. The summed E-state index contributed by atoms with van der Waals surface area (Å²) in [4.78, 5) is 22.5. The lowest BCUT2D eigenvalue weighted by Gasteiger charge is -2.17. The molecule has 1 saturated heterocycles. The Morgan fingerprint density at radius 1 is 1.47 bits per heavy atom. The van der Waals surface area contributed by atoms with Crippen molar-refractivity contribution in [2.24, 2.45) is 13.0 Å². The van der Waals surface area contributed by atoms with Crippen molar-refractivity contribution in [1.82, 2.24) is 19.9 Å². The molecule has 3 heterocycles. The number of aromatic nitrogens is 3. The molecule has 0 saturated carbocycles. The molecule has 1 unspecified atom stereocenters. The van der Waals surface area contributed by atoms with Crippen molar-refractivity contribution in [3.8, 4) is 0 Å². The molecule has 1 aliphatic rings. The molecule has 0 radical (unpaired) electrons. The Labute approximate surface area is 111 Å². The van der Waals surface area contributed by atoms with E-state index in [0.29, 0.717) is 0 Å². The number of rotatable bonds is 2. The highest BCUT2D eigenvalue weighted by atomic mass is 16.1. The zero-order chi connectivity index (χ0) is 13.4. The third-order valence-electron chi connectivity index (χ3n) is 3.75. The van der Waals surface area contributed by atoms with Crippen LogP contribution in [0.3, 0.4) is 0 Å². The summed E-state index contributed by atoms with van der Waals surface area (Å²) >= 11 is 0. The first-order valence-corrected chi connectivity index (χ1v) is 6.43. The highest BCUT2D eigenvalue weighted by Crippen LogP contribution is 2.28. The van der Waals surface area contributed by atoms with Crippen LogP contribution >= 0.6 is 0 Å². The van der Waals surface area contributed by atoms with E-state index in [1.807, 2.05) is 23.9 Å². The lowest BCUT2D eigenvalue weighted by molar-refractivity contribution is -0.123. The lowest BCUT2D eigenvalue weighted by atomic mass is 10.1. The zero-order valence-electron chi connectivity index (χ0n) is 11.1. The molecular weight excluding hydrogens is 242 g/mol. The molecule has 0 aliphatic carbocycles. The van der Waals surface area contributed by atoms with E-state index >= 15 is 0 Å². The minimum atomic E-state index is 0.0544. The highest BCUT2D eigenvalue weighted by Gasteiger charge is 2.29. The van der Waals surface area contributed by atoms with E-state index in [1.54, 1.807) is 13.4 Å². The van der Waals surface area contributed by atoms with Crippen LogP contribution in [-0.2, 0) is 11.8 Å². The Balaban J connectivity index is 1.92. The molecule has 6 heteroatoms. The summed E-state index contributed by atoms with van der Waals surface area (Å²) in [7, 11) is 3.65. The van der Waals surface area contributed by atoms with Crippen LogP contribution in [0.1, 0.15) is 6.42 Å². The van der Waals surface area contributed by atoms with Crippen LogP contribution in [0.4, 0.5) is 5.82 Å². The van der Waals surface area contributed by atoms with Crippen LogP contribution in [0.5, 0.6) is 0 Å². The Kier molecular flexibility index (Phi) is 2.85. The van der Waals surface area contributed by atoms with Gasteiger partial charge < -0.3 is 14.8 Å². The second-order valence-electron chi connectivity index (χ2n) is 4.91. The number of fused-ring (bicyclic) bond motifs is 1. The molecule has 3 rings (SSSR count). The van der Waals surface area contributed by atoms with E-state index in [9.17, 15) is 4.79 Å². The number of carbonyl (C=O) groups excluding carboxylic acids is 1. The summed E-state index contributed by atoms with van der Waals surface area (Å²) in [6.45, 7) is 1.58. The third kappa shape index (κ3) is 1.93. The van der Waals surface area contributed by atoms with Crippen molar-refractivity contribution in [2.45, 2.75) is 6.42 Å². The topological polar surface area (TPSA) is 63.1 Å². The van der Waals surface area contributed by atoms with Crippen molar-refractivity contribution in [3.63, 3.8) is 0 Å². The largest absolute Gasteiger partial charge is 0.359 e. The molecule has 0 spiro atoms. The van der Waals surface area contributed by atoms with Gasteiger partial charge in [0.15, 0.2) is 0 Å². The maximum absolute atomic E-state index is 11.7. The minimum absolute atomic E-state index is 0.0544. The number of aryl methyl sites for hydroxylation is 1. The quantitative estimate of drug-likeness (QED) is 0.855. The molecule has 1 amide bonds. The molecular formula is C13H17N5O. The number of carbonyl (C=O) groups is 1. The fraction of sp³-hybridized carbons (Fsp3) is 0.462. The first-order chi connectivity index (χ1) is 9.20. The van der Waals surface area contributed by atoms with E-state index in [-0.39, 0.29) is 11.8 Å². The van der Waals surface area contributed by atoms with Crippen LogP contribution in [0.15, 0.2) is 18.6 Å². The average molecular weight is 259 g/mol. The molecule has 100 valence electrons. The Bertz CT molecular complexity index is 621. The number of amides is 1. The number of hydrogen-bond donors (Lipinski definition) is 1. The van der Waals surface area contributed by atoms with Gasteiger partial charge in [-0.05, 0) is 12.5 Å². The standard InChI is InChI=1S/C13H17N5O/c1-14-13(19)9-3-6-18(7-9)12-10-4-5-17(2)11(10)15-8-16-12/h4-5,8-9H,3,6-7H2,1-2H3,(H,14,19). The number of nitrogens with zero attached hydrogens (tertiary/aromatic N) is 4. The van der Waals surface area contributed by atoms with E-state index in [4.69, 9.17) is 0 Å². The van der Waals surface area contributed by atoms with Crippen molar-refractivity contribution >= 4 is 22.8 Å². The van der Waals surface area contributed by atoms with E-state index in [2.05, 4.69) is 20.2 Å². The van der Waals surface area contributed by atoms with Gasteiger partial charge in [0.05, 0.1) is 11.3 Å². The van der Waals surface area contributed by atoms with Gasteiger partial charge in [-0.15, -0.1) is 0 Å². The first-order valence-electron chi connectivity index (χ1n) is 6.43. The zero-order valence-corrected chi connectivity index (χ0v) is 11.1. The van der Waals surface area contributed by atoms with Crippen molar-refractivity contribution in [1.29, 1.82) is 0 Å². The number of anilines is 1. The Morgan fingerprint density at radius 3 is 3.11 bits per heavy atom. The van der Waals surface area contributed by atoms with Gasteiger partial charge in [-0.25, -0.2) is 9.97 Å². The lowest BCUT2D eigenvalue weighted by Crippen LogP contribution is -2.30.